The summed E-state index contributed by atoms with van der Waals surface area (Å²) < 4.78 is 10.6. The molecule has 0 aliphatic rings. The maximum absolute atomic E-state index is 10.9. The second kappa shape index (κ2) is 8.50. The summed E-state index contributed by atoms with van der Waals surface area (Å²) in [5, 5.41) is 11.7. The van der Waals surface area contributed by atoms with Crippen LogP contribution in [0.15, 0.2) is 0 Å². The van der Waals surface area contributed by atoms with Gasteiger partial charge in [-0.15, -0.1) is 0 Å². The summed E-state index contributed by atoms with van der Waals surface area (Å²) >= 11 is 0. The molecular weight excluding hydrogens is 210 g/mol. The third-order valence-electron chi connectivity index (χ3n) is 2.43. The Morgan fingerprint density at radius 2 is 1.94 bits per heavy atom. The number of carbonyl (C=O) groups is 1. The van der Waals surface area contributed by atoms with Crippen molar-refractivity contribution in [1.29, 1.82) is 0 Å². The average Bonchev–Trinajstić information content (AvgIpc) is 2.27. The molecule has 0 spiro atoms. The Hall–Kier alpha value is -0.650. The van der Waals surface area contributed by atoms with E-state index in [2.05, 4.69) is 12.2 Å². The van der Waals surface area contributed by atoms with E-state index in [0.29, 0.717) is 13.2 Å². The smallest absolute Gasteiger partial charge is 0.326 e. The molecule has 0 rings (SSSR count). The van der Waals surface area contributed by atoms with Crippen molar-refractivity contribution in [3.8, 4) is 0 Å². The lowest BCUT2D eigenvalue weighted by Gasteiger charge is -2.23. The van der Waals surface area contributed by atoms with E-state index in [4.69, 9.17) is 14.6 Å². The van der Waals surface area contributed by atoms with Gasteiger partial charge < -0.3 is 19.9 Å². The topological polar surface area (TPSA) is 67.8 Å². The highest BCUT2D eigenvalue weighted by molar-refractivity contribution is 5.78. The van der Waals surface area contributed by atoms with E-state index >= 15 is 0 Å². The number of likely N-dealkylation sites (N-methyl/N-ethyl adjacent to an activating group) is 1. The minimum absolute atomic E-state index is 0.135. The van der Waals surface area contributed by atoms with Gasteiger partial charge >= 0.3 is 5.97 Å². The highest BCUT2D eigenvalue weighted by Gasteiger charge is 2.31. The zero-order valence-corrected chi connectivity index (χ0v) is 10.4. The van der Waals surface area contributed by atoms with Crippen molar-refractivity contribution in [3.63, 3.8) is 0 Å². The maximum atomic E-state index is 10.9. The van der Waals surface area contributed by atoms with Crippen LogP contribution in [-0.2, 0) is 14.3 Å². The third kappa shape index (κ3) is 6.05. The number of aliphatic carboxylic acids is 1. The highest BCUT2D eigenvalue weighted by atomic mass is 16.5. The second-order valence-electron chi connectivity index (χ2n) is 3.91. The average molecular weight is 233 g/mol. The fraction of sp³-hybridized carbons (Fsp3) is 0.909. The van der Waals surface area contributed by atoms with Crippen molar-refractivity contribution in [2.75, 3.05) is 33.5 Å². The van der Waals surface area contributed by atoms with Crippen molar-refractivity contribution in [2.45, 2.75) is 32.2 Å². The van der Waals surface area contributed by atoms with Gasteiger partial charge in [0, 0.05) is 6.61 Å². The number of nitrogens with one attached hydrogen (secondary N) is 1. The van der Waals surface area contributed by atoms with Gasteiger partial charge in [-0.2, -0.15) is 0 Å². The molecule has 1 atom stereocenters. The maximum Gasteiger partial charge on any atom is 0.326 e. The molecule has 0 aliphatic carbocycles. The molecule has 0 saturated heterocycles. The largest absolute Gasteiger partial charge is 0.480 e. The Morgan fingerprint density at radius 3 is 2.44 bits per heavy atom. The second-order valence-corrected chi connectivity index (χ2v) is 3.91. The van der Waals surface area contributed by atoms with Crippen LogP contribution in [0.3, 0.4) is 0 Å². The zero-order valence-electron chi connectivity index (χ0n) is 10.4. The first-order valence-corrected chi connectivity index (χ1v) is 5.64. The molecule has 0 radical (unpaired) electrons. The van der Waals surface area contributed by atoms with E-state index in [0.717, 1.165) is 19.4 Å². The van der Waals surface area contributed by atoms with Gasteiger partial charge in [-0.25, -0.2) is 0 Å². The molecule has 5 nitrogen and oxygen atoms in total. The molecule has 5 heteroatoms. The number of unbranched alkanes of at least 4 members (excludes halogenated alkanes) is 1. The molecule has 1 unspecified atom stereocenters. The van der Waals surface area contributed by atoms with Crippen LogP contribution in [0, 0.1) is 0 Å². The van der Waals surface area contributed by atoms with Crippen LogP contribution in [0.2, 0.25) is 0 Å². The molecule has 96 valence electrons. The quantitative estimate of drug-likeness (QED) is 0.548. The molecule has 16 heavy (non-hydrogen) atoms. The Labute approximate surface area is 97.1 Å². The SMILES string of the molecule is CCCCOCCOCC(C)(NC)C(=O)O. The van der Waals surface area contributed by atoms with Gasteiger partial charge in [-0.05, 0) is 20.4 Å². The van der Waals surface area contributed by atoms with E-state index in [1.54, 1.807) is 14.0 Å². The Kier molecular flexibility index (Phi) is 8.15. The van der Waals surface area contributed by atoms with E-state index in [1.807, 2.05) is 0 Å². The molecule has 0 heterocycles. The lowest BCUT2D eigenvalue weighted by Crippen LogP contribution is -2.51. The zero-order chi connectivity index (χ0) is 12.4. The van der Waals surface area contributed by atoms with Crippen LogP contribution in [0.5, 0.6) is 0 Å². The van der Waals surface area contributed by atoms with Gasteiger partial charge in [0.2, 0.25) is 0 Å². The first kappa shape index (κ1) is 15.3. The van der Waals surface area contributed by atoms with Crippen molar-refractivity contribution < 1.29 is 19.4 Å². The minimum atomic E-state index is -1.02. The molecule has 0 aromatic rings. The molecular formula is C11H23NO4. The highest BCUT2D eigenvalue weighted by Crippen LogP contribution is 2.03. The van der Waals surface area contributed by atoms with Gasteiger partial charge in [0.1, 0.15) is 5.54 Å². The van der Waals surface area contributed by atoms with Crippen LogP contribution in [-0.4, -0.2) is 50.1 Å². The lowest BCUT2D eigenvalue weighted by atomic mass is 10.1. The molecule has 0 aliphatic heterocycles. The lowest BCUT2D eigenvalue weighted by molar-refractivity contribution is -0.146. The van der Waals surface area contributed by atoms with Crippen LogP contribution in [0.25, 0.3) is 0 Å². The molecule has 0 aromatic heterocycles. The van der Waals surface area contributed by atoms with Gasteiger partial charge in [0.15, 0.2) is 0 Å². The van der Waals surface area contributed by atoms with Crippen molar-refractivity contribution in [3.05, 3.63) is 0 Å². The predicted octanol–water partition coefficient (Wildman–Crippen LogP) is 0.882. The van der Waals surface area contributed by atoms with Gasteiger partial charge in [-0.3, -0.25) is 4.79 Å². The van der Waals surface area contributed by atoms with Crippen molar-refractivity contribution in [1.82, 2.24) is 5.32 Å². The number of ether oxygens (including phenoxy) is 2. The fourth-order valence-electron chi connectivity index (χ4n) is 0.983. The molecule has 0 aromatic carbocycles. The number of hydrogen-bond acceptors (Lipinski definition) is 4. The van der Waals surface area contributed by atoms with E-state index in [-0.39, 0.29) is 6.61 Å². The first-order valence-electron chi connectivity index (χ1n) is 5.64. The van der Waals surface area contributed by atoms with E-state index < -0.39 is 11.5 Å². The Balaban J connectivity index is 3.53. The van der Waals surface area contributed by atoms with E-state index in [9.17, 15) is 4.79 Å². The molecule has 0 saturated carbocycles. The summed E-state index contributed by atoms with van der Waals surface area (Å²) in [5.74, 6) is -0.915. The minimum Gasteiger partial charge on any atom is -0.480 e. The van der Waals surface area contributed by atoms with Crippen molar-refractivity contribution >= 4 is 5.97 Å². The van der Waals surface area contributed by atoms with E-state index in [1.165, 1.54) is 0 Å². The fourth-order valence-corrected chi connectivity index (χ4v) is 0.983. The van der Waals surface area contributed by atoms with Gasteiger partial charge in [0.05, 0.1) is 19.8 Å². The van der Waals surface area contributed by atoms with Crippen LogP contribution < -0.4 is 5.32 Å². The summed E-state index contributed by atoms with van der Waals surface area (Å²) in [5.41, 5.74) is -1.02. The summed E-state index contributed by atoms with van der Waals surface area (Å²) in [7, 11) is 1.61. The number of carboxylic acid groups (broad SMARTS) is 1. The standard InChI is InChI=1S/C11H23NO4/c1-4-5-6-15-7-8-16-9-11(2,12-3)10(13)14/h12H,4-9H2,1-3H3,(H,13,14). The Morgan fingerprint density at radius 1 is 1.31 bits per heavy atom. The molecule has 0 fully saturated rings. The predicted molar refractivity (Wildman–Crippen MR) is 61.6 cm³/mol. The van der Waals surface area contributed by atoms with Gasteiger partial charge in [0.25, 0.3) is 0 Å². The normalized spacial score (nSPS) is 14.7. The molecule has 0 bridgehead atoms. The van der Waals surface area contributed by atoms with Crippen LogP contribution >= 0.6 is 0 Å². The third-order valence-corrected chi connectivity index (χ3v) is 2.43. The van der Waals surface area contributed by atoms with Crippen LogP contribution in [0.1, 0.15) is 26.7 Å². The molecule has 0 amide bonds. The Bertz CT molecular complexity index is 198. The van der Waals surface area contributed by atoms with Crippen molar-refractivity contribution in [2.24, 2.45) is 0 Å². The summed E-state index contributed by atoms with van der Waals surface area (Å²) in [6.07, 6.45) is 2.15. The van der Waals surface area contributed by atoms with Gasteiger partial charge in [-0.1, -0.05) is 13.3 Å². The summed E-state index contributed by atoms with van der Waals surface area (Å²) in [6.45, 7) is 5.50. The number of hydrogen-bond donors (Lipinski definition) is 2. The first-order chi connectivity index (χ1) is 7.56. The number of rotatable bonds is 10. The summed E-state index contributed by atoms with van der Waals surface area (Å²) in [6, 6.07) is 0. The molecule has 2 N–H and O–H groups in total. The summed E-state index contributed by atoms with van der Waals surface area (Å²) in [4.78, 5) is 10.9. The van der Waals surface area contributed by atoms with Crippen LogP contribution in [0.4, 0.5) is 0 Å². The monoisotopic (exact) mass is 233 g/mol. The number of carboxylic acids is 1.